The molecule has 0 aromatic carbocycles. The van der Waals surface area contributed by atoms with Crippen molar-refractivity contribution in [2.24, 2.45) is 34.6 Å². The van der Waals surface area contributed by atoms with E-state index in [1.165, 1.54) is 0 Å². The first kappa shape index (κ1) is 96.4. The Labute approximate surface area is 623 Å². The predicted octanol–water partition coefficient (Wildman–Crippen LogP) is -17.3. The summed E-state index contributed by atoms with van der Waals surface area (Å²) in [7, 11) is 0. The number of rotatable bonds is 55. The monoisotopic (exact) mass is 1560 g/mol. The maximum atomic E-state index is 13.6. The van der Waals surface area contributed by atoms with Gasteiger partial charge in [-0.2, -0.15) is 0 Å². The van der Waals surface area contributed by atoms with Gasteiger partial charge in [-0.25, -0.2) is 4.79 Å². The van der Waals surface area contributed by atoms with E-state index < -0.39 is 252 Å². The van der Waals surface area contributed by atoms with Gasteiger partial charge in [0.15, 0.2) is 23.8 Å². The highest BCUT2D eigenvalue weighted by atomic mass is 16.4. The number of amides is 17. The van der Waals surface area contributed by atoms with Crippen LogP contribution in [0.3, 0.4) is 0 Å². The first-order valence-electron chi connectivity index (χ1n) is 33.6. The number of nitrogens with two attached hydrogens (primary N) is 5. The first-order valence-corrected chi connectivity index (χ1v) is 33.6. The molecule has 0 heterocycles. The summed E-state index contributed by atoms with van der Waals surface area (Å²) >= 11 is 0. The van der Waals surface area contributed by atoms with Gasteiger partial charge < -0.3 is 156 Å². The summed E-state index contributed by atoms with van der Waals surface area (Å²) in [5, 5.41) is 105. The fourth-order valence-corrected chi connectivity index (χ4v) is 8.62. The Hall–Kier alpha value is -12.6. The van der Waals surface area contributed by atoms with Crippen molar-refractivity contribution in [3.63, 3.8) is 0 Å². The zero-order chi connectivity index (χ0) is 82.6. The molecule has 0 aromatic heterocycles. The molecule has 0 aliphatic heterocycles. The summed E-state index contributed by atoms with van der Waals surface area (Å²) in [6, 6.07) is -9.67. The largest absolute Gasteiger partial charge is 0.480 e. The highest BCUT2D eigenvalue weighted by molar-refractivity contribution is 5.98. The number of carboxylic acid groups (broad SMARTS) is 1. The van der Waals surface area contributed by atoms with Crippen molar-refractivity contribution >= 4 is 130 Å². The van der Waals surface area contributed by atoms with E-state index in [0.717, 1.165) is 0 Å². The van der Waals surface area contributed by atoms with E-state index in [2.05, 4.69) is 106 Å². The number of hydrogen-bond acceptors (Lipinski definition) is 25. The SMILES string of the molecule is CC(C)C[C@H](N)C(=O)NCC(=O)N[C@@H](CCCNC(=N)N)C(=O)NCC(=O)N[C@@H](CCCNC(=N)N)C(=O)NCC(=O)N[C@@H](CCCNC(=N)N)C(=O)NCC(=O)NCC(=O)N[C@@H](CCCNC(=N)N)C(=O)NCC(=O)NCC(=O)NCC(=O)N[C@@H](CO)C(=O)NCC(=O)NCC(=O)NCC(=O)N[C@@H](CO)C(=O)O. The topological polar surface area (TPSA) is 846 Å². The molecule has 38 N–H and O–H groups in total. The average molecular weight is 1560 g/mol. The van der Waals surface area contributed by atoms with E-state index in [-0.39, 0.29) is 89.4 Å². The van der Waals surface area contributed by atoms with Crippen molar-refractivity contribution in [1.82, 2.24) is 112 Å². The van der Waals surface area contributed by atoms with E-state index >= 15 is 0 Å². The third-order valence-corrected chi connectivity index (χ3v) is 14.0. The van der Waals surface area contributed by atoms with Gasteiger partial charge in [-0.15, -0.1) is 0 Å². The molecule has 0 aliphatic carbocycles. The van der Waals surface area contributed by atoms with Gasteiger partial charge in [-0.05, 0) is 63.7 Å². The van der Waals surface area contributed by atoms with Crippen LogP contribution in [-0.4, -0.2) is 299 Å². The molecule has 0 saturated carbocycles. The lowest BCUT2D eigenvalue weighted by atomic mass is 10.0. The second kappa shape index (κ2) is 55.0. The van der Waals surface area contributed by atoms with E-state index in [1.807, 2.05) is 19.2 Å². The maximum absolute atomic E-state index is 13.6. The molecular formula is C58H104N30O21. The van der Waals surface area contributed by atoms with E-state index in [4.69, 9.17) is 60.5 Å². The molecule has 0 unspecified atom stereocenters. The van der Waals surface area contributed by atoms with Crippen LogP contribution in [0, 0.1) is 27.6 Å². The number of aliphatic carboxylic acids is 1. The molecule has 51 heteroatoms. The lowest BCUT2D eigenvalue weighted by molar-refractivity contribution is -0.143. The summed E-state index contributed by atoms with van der Waals surface area (Å²) in [5.41, 5.74) is 27.3. The van der Waals surface area contributed by atoms with Gasteiger partial charge in [0, 0.05) is 26.2 Å². The van der Waals surface area contributed by atoms with Gasteiger partial charge in [0.1, 0.15) is 36.3 Å². The minimum absolute atomic E-state index is 0.0300. The molecule has 0 rings (SSSR count). The lowest BCUT2D eigenvalue weighted by Gasteiger charge is -2.22. The highest BCUT2D eigenvalue weighted by Gasteiger charge is 2.29. The lowest BCUT2D eigenvalue weighted by Crippen LogP contribution is -2.55. The molecule has 0 aliphatic rings. The minimum Gasteiger partial charge on any atom is -0.480 e. The molecule has 0 bridgehead atoms. The Morgan fingerprint density at radius 2 is 0.477 bits per heavy atom. The van der Waals surface area contributed by atoms with Crippen LogP contribution < -0.4 is 140 Å². The third kappa shape index (κ3) is 49.0. The molecule has 0 spiro atoms. The number of carbonyl (C=O) groups excluding carboxylic acids is 17. The molecule has 109 heavy (non-hydrogen) atoms. The van der Waals surface area contributed by atoms with Gasteiger partial charge in [0.2, 0.25) is 100 Å². The van der Waals surface area contributed by atoms with E-state index in [1.54, 1.807) is 0 Å². The predicted molar refractivity (Wildman–Crippen MR) is 381 cm³/mol. The number of carbonyl (C=O) groups is 18. The average Bonchev–Trinajstić information content (AvgIpc) is 0.920. The number of carboxylic acids is 1. The second-order valence-electron chi connectivity index (χ2n) is 23.8. The van der Waals surface area contributed by atoms with Crippen molar-refractivity contribution in [2.45, 2.75) is 114 Å². The quantitative estimate of drug-likeness (QED) is 0.0153. The van der Waals surface area contributed by atoms with Gasteiger partial charge in [-0.3, -0.25) is 103 Å². The third-order valence-electron chi connectivity index (χ3n) is 14.0. The van der Waals surface area contributed by atoms with Crippen LogP contribution in [-0.2, 0) is 86.3 Å². The number of aliphatic hydroxyl groups excluding tert-OH is 2. The van der Waals surface area contributed by atoms with Crippen LogP contribution in [0.1, 0.15) is 71.6 Å². The Kier molecular flexibility index (Phi) is 48.6. The maximum Gasteiger partial charge on any atom is 0.328 e. The zero-order valence-electron chi connectivity index (χ0n) is 60.1. The summed E-state index contributed by atoms with van der Waals surface area (Å²) in [6.45, 7) is -6.20. The second-order valence-corrected chi connectivity index (χ2v) is 23.8. The first-order chi connectivity index (χ1) is 51.3. The zero-order valence-corrected chi connectivity index (χ0v) is 60.1. The Morgan fingerprint density at radius 3 is 0.697 bits per heavy atom. The van der Waals surface area contributed by atoms with Crippen molar-refractivity contribution in [1.29, 1.82) is 21.6 Å². The van der Waals surface area contributed by atoms with Gasteiger partial charge in [0.25, 0.3) is 0 Å². The molecular weight excluding hydrogens is 1450 g/mol. The van der Waals surface area contributed by atoms with Crippen LogP contribution in [0.5, 0.6) is 0 Å². The summed E-state index contributed by atoms with van der Waals surface area (Å²) < 4.78 is 0. The molecule has 51 nitrogen and oxygen atoms in total. The van der Waals surface area contributed by atoms with Crippen molar-refractivity contribution in [3.8, 4) is 0 Å². The molecule has 0 aromatic rings. The number of nitrogens with one attached hydrogen (secondary N) is 25. The Morgan fingerprint density at radius 1 is 0.284 bits per heavy atom. The molecule has 0 radical (unpaired) electrons. The number of hydrogen-bond donors (Lipinski definition) is 33. The minimum atomic E-state index is -1.66. The van der Waals surface area contributed by atoms with Crippen LogP contribution in [0.25, 0.3) is 0 Å². The molecule has 17 amide bonds. The smallest absolute Gasteiger partial charge is 0.328 e. The van der Waals surface area contributed by atoms with Crippen molar-refractivity contribution < 1.29 is 102 Å². The van der Waals surface area contributed by atoms with Crippen molar-refractivity contribution in [3.05, 3.63) is 0 Å². The van der Waals surface area contributed by atoms with Crippen LogP contribution in [0.2, 0.25) is 0 Å². The summed E-state index contributed by atoms with van der Waals surface area (Å²) in [6.07, 6.45) is 0.360. The highest BCUT2D eigenvalue weighted by Crippen LogP contribution is 2.05. The molecule has 0 fully saturated rings. The normalized spacial score (nSPS) is 12.4. The van der Waals surface area contributed by atoms with Crippen molar-refractivity contribution in [2.75, 3.05) is 111 Å². The van der Waals surface area contributed by atoms with Crippen LogP contribution >= 0.6 is 0 Å². The molecule has 0 saturated heterocycles. The molecule has 612 valence electrons. The fraction of sp³-hybridized carbons (Fsp3) is 0.621. The standard InChI is InChI=1S/C58H104N30O21/c1-29(2)15-30(59)48(102)77-24-45(99)84-33(9-5-13-70-57(64)65)51(105)81-26-47(101)86-34(10-6-14-71-58(66)67)52(106)82-25-46(100)85-32(8-4-12-69-56(62)63)50(104)79-19-41(95)76-21-42(96)83-31(7-3-11-68-55(60)61)49(103)78-18-39(93)72-16-37(91)74-22-43(97)87-35(27-89)53(107)80-20-40(94)73-17-38(92)75-23-44(98)88-36(28-90)54(108)109/h29-36,89-90H,3-28,59H2,1-2H3,(H,72,93)(H,73,94)(H,74,91)(H,75,92)(H,76,95)(H,77,102)(H,78,103)(H,79,104)(H,80,107)(H,81,105)(H,82,106)(H,83,96)(H,84,99)(H,85,100)(H,86,101)(H,87,97)(H,88,98)(H,108,109)(H4,60,61,68)(H4,62,63,69)(H4,64,65,70)(H4,66,67,71)/t30-,31-,32-,33-,34-,35-,36-/m0/s1. The van der Waals surface area contributed by atoms with Crippen LogP contribution in [0.4, 0.5) is 0 Å². The van der Waals surface area contributed by atoms with Crippen LogP contribution in [0.15, 0.2) is 0 Å². The van der Waals surface area contributed by atoms with Gasteiger partial charge in [0.05, 0.1) is 91.2 Å². The van der Waals surface area contributed by atoms with E-state index in [0.29, 0.717) is 6.42 Å². The van der Waals surface area contributed by atoms with Gasteiger partial charge >= 0.3 is 5.97 Å². The fourth-order valence-electron chi connectivity index (χ4n) is 8.62. The Bertz CT molecular complexity index is 3180. The number of aliphatic hydroxyl groups is 2. The molecule has 7 atom stereocenters. The summed E-state index contributed by atoms with van der Waals surface area (Å²) in [5.74, 6) is -18.7. The Balaban J connectivity index is 5.64. The number of guanidine groups is 4. The summed E-state index contributed by atoms with van der Waals surface area (Å²) in [4.78, 5) is 228. The van der Waals surface area contributed by atoms with E-state index in [9.17, 15) is 91.4 Å². The van der Waals surface area contributed by atoms with Gasteiger partial charge in [-0.1, -0.05) is 13.8 Å².